The Morgan fingerprint density at radius 2 is 1.79 bits per heavy atom. The monoisotopic (exact) mass is 537 g/mol. The molecule has 39 heavy (non-hydrogen) atoms. The number of amides is 3. The number of anilines is 1. The number of aliphatic hydroxyl groups excluding tert-OH is 1. The molecule has 8 nitrogen and oxygen atoms in total. The van der Waals surface area contributed by atoms with Gasteiger partial charge in [-0.1, -0.05) is 44.2 Å². The summed E-state index contributed by atoms with van der Waals surface area (Å²) in [7, 11) is 0. The van der Waals surface area contributed by atoms with Crippen molar-refractivity contribution < 1.29 is 24.2 Å². The number of carbonyl (C=O) groups excluding carboxylic acids is 3. The SMILES string of the molecule is C=CCN(C(=O)[C@@H]1[C@@H]2CCC3(O2)C(C(=O)N(CC=C)C(C)(C)C)N([C@@H](CO)C(C)C)C(=O)[C@H]13)c1ccccc1. The number of ether oxygens (including phenoxy) is 1. The number of rotatable bonds is 10. The topological polar surface area (TPSA) is 90.4 Å². The Labute approximate surface area is 232 Å². The highest BCUT2D eigenvalue weighted by Gasteiger charge is 2.75. The Morgan fingerprint density at radius 3 is 2.33 bits per heavy atom. The van der Waals surface area contributed by atoms with Crippen molar-refractivity contribution >= 4 is 23.4 Å². The summed E-state index contributed by atoms with van der Waals surface area (Å²) in [5.74, 6) is -2.39. The predicted molar refractivity (Wildman–Crippen MR) is 151 cm³/mol. The zero-order chi connectivity index (χ0) is 28.7. The quantitative estimate of drug-likeness (QED) is 0.462. The summed E-state index contributed by atoms with van der Waals surface area (Å²) in [6.45, 7) is 17.7. The van der Waals surface area contributed by atoms with Gasteiger partial charge in [-0.25, -0.2) is 0 Å². The fraction of sp³-hybridized carbons (Fsp3) is 0.581. The lowest BCUT2D eigenvalue weighted by molar-refractivity contribution is -0.155. The number of aliphatic hydroxyl groups is 1. The third kappa shape index (κ3) is 4.72. The first-order valence-electron chi connectivity index (χ1n) is 13.9. The third-order valence-electron chi connectivity index (χ3n) is 8.60. The minimum atomic E-state index is -1.14. The number of carbonyl (C=O) groups is 3. The zero-order valence-electron chi connectivity index (χ0n) is 23.9. The fourth-order valence-corrected chi connectivity index (χ4v) is 6.84. The average Bonchev–Trinajstić information content (AvgIpc) is 3.53. The fourth-order valence-electron chi connectivity index (χ4n) is 6.84. The standard InChI is InChI=1S/C31H43N3O5/c1-8-17-32(21-13-11-10-12-14-21)27(36)24-23-15-16-31(39-23)25(24)28(37)34(22(19-35)20(3)4)26(31)29(38)33(18-9-2)30(5,6)7/h8-14,20,22-26,35H,1-2,15-19H2,3-7H3/t22-,23-,24+,25-,26?,31?/m0/s1. The van der Waals surface area contributed by atoms with E-state index in [1.807, 2.05) is 65.0 Å². The average molecular weight is 538 g/mol. The number of para-hydroxylation sites is 1. The number of fused-ring (bicyclic) bond motifs is 1. The van der Waals surface area contributed by atoms with Crippen molar-refractivity contribution in [2.75, 3.05) is 24.6 Å². The maximum absolute atomic E-state index is 14.5. The normalized spacial score (nSPS) is 28.4. The van der Waals surface area contributed by atoms with E-state index in [1.54, 1.807) is 26.9 Å². The van der Waals surface area contributed by atoms with E-state index in [2.05, 4.69) is 13.2 Å². The Kier molecular flexibility index (Phi) is 8.11. The van der Waals surface area contributed by atoms with E-state index in [0.29, 0.717) is 19.4 Å². The highest BCUT2D eigenvalue weighted by atomic mass is 16.5. The molecule has 3 heterocycles. The molecule has 0 radical (unpaired) electrons. The van der Waals surface area contributed by atoms with Crippen LogP contribution >= 0.6 is 0 Å². The van der Waals surface area contributed by atoms with Crippen LogP contribution in [0.25, 0.3) is 0 Å². The number of likely N-dealkylation sites (tertiary alicyclic amines) is 1. The van der Waals surface area contributed by atoms with Gasteiger partial charge in [0, 0.05) is 24.3 Å². The summed E-state index contributed by atoms with van der Waals surface area (Å²) >= 11 is 0. The first kappa shape index (κ1) is 29.0. The van der Waals surface area contributed by atoms with E-state index in [9.17, 15) is 19.5 Å². The summed E-state index contributed by atoms with van der Waals surface area (Å²) < 4.78 is 6.64. The van der Waals surface area contributed by atoms with Gasteiger partial charge >= 0.3 is 0 Å². The van der Waals surface area contributed by atoms with Gasteiger partial charge in [-0.15, -0.1) is 13.2 Å². The molecule has 0 aliphatic carbocycles. The minimum absolute atomic E-state index is 0.111. The van der Waals surface area contributed by atoms with Crippen LogP contribution in [0.1, 0.15) is 47.5 Å². The van der Waals surface area contributed by atoms with Gasteiger partial charge in [-0.2, -0.15) is 0 Å². The molecule has 0 saturated carbocycles. The van der Waals surface area contributed by atoms with E-state index in [1.165, 1.54) is 0 Å². The Morgan fingerprint density at radius 1 is 1.15 bits per heavy atom. The summed E-state index contributed by atoms with van der Waals surface area (Å²) in [6.07, 6.45) is 3.96. The second-order valence-corrected chi connectivity index (χ2v) is 12.3. The molecular formula is C31H43N3O5. The summed E-state index contributed by atoms with van der Waals surface area (Å²) in [5, 5.41) is 10.4. The third-order valence-corrected chi connectivity index (χ3v) is 8.60. The zero-order valence-corrected chi connectivity index (χ0v) is 23.9. The van der Waals surface area contributed by atoms with Crippen LogP contribution in [-0.4, -0.2) is 81.7 Å². The molecule has 3 aliphatic heterocycles. The lowest BCUT2D eigenvalue weighted by Crippen LogP contribution is -2.62. The Hall–Kier alpha value is -2.97. The smallest absolute Gasteiger partial charge is 0.249 e. The van der Waals surface area contributed by atoms with Crippen molar-refractivity contribution in [2.24, 2.45) is 17.8 Å². The van der Waals surface area contributed by atoms with Crippen molar-refractivity contribution in [1.29, 1.82) is 0 Å². The highest BCUT2D eigenvalue weighted by molar-refractivity contribution is 6.03. The van der Waals surface area contributed by atoms with Gasteiger partial charge in [0.25, 0.3) is 0 Å². The predicted octanol–water partition coefficient (Wildman–Crippen LogP) is 3.41. The lowest BCUT2D eigenvalue weighted by atomic mass is 9.70. The molecular weight excluding hydrogens is 494 g/mol. The molecule has 4 rings (SSSR count). The summed E-state index contributed by atoms with van der Waals surface area (Å²) in [4.78, 5) is 48.0. The Bertz CT molecular complexity index is 1110. The van der Waals surface area contributed by atoms with Crippen LogP contribution in [-0.2, 0) is 19.1 Å². The van der Waals surface area contributed by atoms with Crippen LogP contribution in [0.3, 0.4) is 0 Å². The second kappa shape index (κ2) is 10.9. The molecule has 3 amide bonds. The molecule has 3 aliphatic rings. The van der Waals surface area contributed by atoms with Crippen molar-refractivity contribution in [3.63, 3.8) is 0 Å². The van der Waals surface area contributed by atoms with Crippen LogP contribution in [0, 0.1) is 17.8 Å². The molecule has 3 saturated heterocycles. The van der Waals surface area contributed by atoms with E-state index in [0.717, 1.165) is 5.69 Å². The van der Waals surface area contributed by atoms with Crippen molar-refractivity contribution in [3.05, 3.63) is 55.6 Å². The first-order chi connectivity index (χ1) is 18.4. The van der Waals surface area contributed by atoms with Gasteiger partial charge in [0.05, 0.1) is 30.6 Å². The molecule has 212 valence electrons. The number of hydrogen-bond donors (Lipinski definition) is 1. The van der Waals surface area contributed by atoms with E-state index < -0.39 is 41.2 Å². The maximum Gasteiger partial charge on any atom is 0.249 e. The van der Waals surface area contributed by atoms with Gasteiger partial charge in [0.1, 0.15) is 11.6 Å². The molecule has 8 heteroatoms. The molecule has 0 aromatic heterocycles. The maximum atomic E-state index is 14.5. The molecule has 1 aromatic carbocycles. The van der Waals surface area contributed by atoms with Crippen molar-refractivity contribution in [1.82, 2.24) is 9.80 Å². The summed E-state index contributed by atoms with van der Waals surface area (Å²) in [5.41, 5.74) is -0.960. The van der Waals surface area contributed by atoms with Gasteiger partial charge in [0.2, 0.25) is 17.7 Å². The van der Waals surface area contributed by atoms with Gasteiger partial charge in [-0.05, 0) is 51.7 Å². The molecule has 1 N–H and O–H groups in total. The Balaban J connectivity index is 1.82. The summed E-state index contributed by atoms with van der Waals surface area (Å²) in [6, 6.07) is 7.80. The molecule has 6 atom stereocenters. The van der Waals surface area contributed by atoms with Gasteiger partial charge < -0.3 is 24.5 Å². The van der Waals surface area contributed by atoms with Crippen molar-refractivity contribution in [3.8, 4) is 0 Å². The number of benzene rings is 1. The molecule has 1 aromatic rings. The van der Waals surface area contributed by atoms with Crippen molar-refractivity contribution in [2.45, 2.75) is 76.8 Å². The van der Waals surface area contributed by atoms with Crippen LogP contribution in [0.4, 0.5) is 5.69 Å². The highest BCUT2D eigenvalue weighted by Crippen LogP contribution is 2.59. The van der Waals surface area contributed by atoms with E-state index in [-0.39, 0.29) is 36.8 Å². The first-order valence-corrected chi connectivity index (χ1v) is 13.9. The largest absolute Gasteiger partial charge is 0.394 e. The molecule has 2 unspecified atom stereocenters. The van der Waals surface area contributed by atoms with Crippen LogP contribution in [0.5, 0.6) is 0 Å². The van der Waals surface area contributed by atoms with Crippen LogP contribution in [0.2, 0.25) is 0 Å². The van der Waals surface area contributed by atoms with Gasteiger partial charge in [-0.3, -0.25) is 14.4 Å². The molecule has 1 spiro atoms. The lowest BCUT2D eigenvalue weighted by Gasteiger charge is -2.44. The van der Waals surface area contributed by atoms with Gasteiger partial charge in [0.15, 0.2) is 0 Å². The number of hydrogen-bond acceptors (Lipinski definition) is 5. The molecule has 3 fully saturated rings. The minimum Gasteiger partial charge on any atom is -0.394 e. The van der Waals surface area contributed by atoms with E-state index in [4.69, 9.17) is 4.74 Å². The second-order valence-electron chi connectivity index (χ2n) is 12.3. The number of nitrogens with zero attached hydrogens (tertiary/aromatic N) is 3. The van der Waals surface area contributed by atoms with E-state index >= 15 is 0 Å². The van der Waals surface area contributed by atoms with Crippen LogP contribution < -0.4 is 4.90 Å². The molecule has 2 bridgehead atoms. The van der Waals surface area contributed by atoms with Crippen LogP contribution in [0.15, 0.2) is 55.6 Å².